The highest BCUT2D eigenvalue weighted by Crippen LogP contribution is 2.34. The van der Waals surface area contributed by atoms with Gasteiger partial charge in [0.2, 0.25) is 0 Å². The Hall–Kier alpha value is -0.530. The van der Waals surface area contributed by atoms with Crippen LogP contribution < -0.4 is 4.74 Å². The summed E-state index contributed by atoms with van der Waals surface area (Å²) in [5, 5.41) is 19.4. The molecule has 106 valence electrons. The number of halogens is 2. The minimum absolute atomic E-state index is 0.148. The number of benzene rings is 1. The molecule has 0 radical (unpaired) electrons. The maximum Gasteiger partial charge on any atom is 0.156 e. The number of hydrogen-bond acceptors (Lipinski definition) is 5. The van der Waals surface area contributed by atoms with Crippen molar-refractivity contribution < 1.29 is 23.4 Å². The molecule has 5 nitrogen and oxygen atoms in total. The molecular weight excluding hydrogens is 315 g/mol. The molecule has 0 aliphatic carbocycles. The van der Waals surface area contributed by atoms with Gasteiger partial charge in [0.25, 0.3) is 0 Å². The number of aliphatic hydroxyl groups is 2. The van der Waals surface area contributed by atoms with Gasteiger partial charge in [-0.25, -0.2) is 8.42 Å². The van der Waals surface area contributed by atoms with Gasteiger partial charge in [0, 0.05) is 10.6 Å². The lowest BCUT2D eigenvalue weighted by atomic mass is 10.2. The third-order valence-electron chi connectivity index (χ3n) is 2.80. The second kappa shape index (κ2) is 5.46. The van der Waals surface area contributed by atoms with E-state index in [4.69, 9.17) is 27.9 Å². The van der Waals surface area contributed by atoms with E-state index in [-0.39, 0.29) is 28.9 Å². The Morgan fingerprint density at radius 2 is 2.00 bits per heavy atom. The second-order valence-electron chi connectivity index (χ2n) is 4.33. The Morgan fingerprint density at radius 3 is 2.53 bits per heavy atom. The van der Waals surface area contributed by atoms with Crippen LogP contribution in [0.15, 0.2) is 12.1 Å². The lowest BCUT2D eigenvalue weighted by molar-refractivity contribution is 0.0722. The zero-order valence-corrected chi connectivity index (χ0v) is 12.0. The first-order chi connectivity index (χ1) is 8.82. The monoisotopic (exact) mass is 326 g/mol. The van der Waals surface area contributed by atoms with Crippen molar-refractivity contribution in [3.05, 3.63) is 27.7 Å². The number of sulfone groups is 1. The molecule has 1 fully saturated rings. The lowest BCUT2D eigenvalue weighted by Crippen LogP contribution is -2.30. The van der Waals surface area contributed by atoms with Crippen LogP contribution in [-0.4, -0.2) is 42.3 Å². The Balaban J connectivity index is 2.29. The Bertz CT molecular complexity index is 587. The van der Waals surface area contributed by atoms with Crippen molar-refractivity contribution in [2.75, 3.05) is 11.5 Å². The highest BCUT2D eigenvalue weighted by atomic mass is 35.5. The van der Waals surface area contributed by atoms with Crippen LogP contribution in [0.4, 0.5) is 0 Å². The third kappa shape index (κ3) is 3.32. The van der Waals surface area contributed by atoms with Crippen molar-refractivity contribution in [2.45, 2.75) is 18.8 Å². The van der Waals surface area contributed by atoms with Crippen LogP contribution in [0.1, 0.15) is 5.56 Å². The maximum absolute atomic E-state index is 11.4. The summed E-state index contributed by atoms with van der Waals surface area (Å²) in [7, 11) is -3.31. The molecule has 0 spiro atoms. The van der Waals surface area contributed by atoms with Crippen molar-refractivity contribution in [2.24, 2.45) is 0 Å². The van der Waals surface area contributed by atoms with Gasteiger partial charge in [-0.05, 0) is 12.1 Å². The molecule has 0 bridgehead atoms. The fraction of sp³-hybridized carbons (Fsp3) is 0.455. The normalized spacial score (nSPS) is 25.5. The smallest absolute Gasteiger partial charge is 0.156 e. The SMILES string of the molecule is O=S1(=O)CC(O)C(Oc2c(Cl)cc(Cl)cc2CO)C1. The Kier molecular flexibility index (Phi) is 4.27. The summed E-state index contributed by atoms with van der Waals surface area (Å²) in [6.45, 7) is -0.356. The first-order valence-corrected chi connectivity index (χ1v) is 8.04. The van der Waals surface area contributed by atoms with Gasteiger partial charge in [-0.15, -0.1) is 0 Å². The van der Waals surface area contributed by atoms with Gasteiger partial charge in [0.15, 0.2) is 9.84 Å². The van der Waals surface area contributed by atoms with Gasteiger partial charge in [0.05, 0.1) is 23.1 Å². The van der Waals surface area contributed by atoms with Gasteiger partial charge in [-0.2, -0.15) is 0 Å². The summed E-state index contributed by atoms with van der Waals surface area (Å²) in [6, 6.07) is 2.89. The number of aliphatic hydroxyl groups excluding tert-OH is 2. The second-order valence-corrected chi connectivity index (χ2v) is 7.33. The van der Waals surface area contributed by atoms with Gasteiger partial charge < -0.3 is 14.9 Å². The molecule has 1 aliphatic heterocycles. The van der Waals surface area contributed by atoms with Crippen molar-refractivity contribution in [1.29, 1.82) is 0 Å². The molecule has 2 unspecified atom stereocenters. The molecule has 0 saturated carbocycles. The fourth-order valence-corrected chi connectivity index (χ4v) is 4.17. The van der Waals surface area contributed by atoms with Gasteiger partial charge >= 0.3 is 0 Å². The average Bonchev–Trinajstić information content (AvgIpc) is 2.55. The number of ether oxygens (including phenoxy) is 1. The lowest BCUT2D eigenvalue weighted by Gasteiger charge is -2.19. The molecular formula is C11H12Cl2O5S. The topological polar surface area (TPSA) is 83.8 Å². The fourth-order valence-electron chi connectivity index (χ4n) is 1.92. The van der Waals surface area contributed by atoms with Crippen molar-refractivity contribution in [3.8, 4) is 5.75 Å². The molecule has 19 heavy (non-hydrogen) atoms. The van der Waals surface area contributed by atoms with Crippen LogP contribution in [0.2, 0.25) is 10.0 Å². The maximum atomic E-state index is 11.4. The van der Waals surface area contributed by atoms with E-state index in [9.17, 15) is 18.6 Å². The van der Waals surface area contributed by atoms with E-state index in [1.165, 1.54) is 12.1 Å². The molecule has 1 saturated heterocycles. The van der Waals surface area contributed by atoms with Gasteiger partial charge in [-0.1, -0.05) is 23.2 Å². The quantitative estimate of drug-likeness (QED) is 0.866. The van der Waals surface area contributed by atoms with Crippen LogP contribution in [0.3, 0.4) is 0 Å². The molecule has 2 atom stereocenters. The zero-order chi connectivity index (χ0) is 14.2. The van der Waals surface area contributed by atoms with E-state index in [0.29, 0.717) is 10.6 Å². The highest BCUT2D eigenvalue weighted by Gasteiger charge is 2.38. The van der Waals surface area contributed by atoms with Crippen LogP contribution in [-0.2, 0) is 16.4 Å². The van der Waals surface area contributed by atoms with Crippen LogP contribution >= 0.6 is 23.2 Å². The number of hydrogen-bond donors (Lipinski definition) is 2. The predicted molar refractivity (Wildman–Crippen MR) is 71.5 cm³/mol. The summed E-state index contributed by atoms with van der Waals surface area (Å²) < 4.78 is 28.2. The molecule has 1 heterocycles. The summed E-state index contributed by atoms with van der Waals surface area (Å²) in [4.78, 5) is 0. The average molecular weight is 327 g/mol. The summed E-state index contributed by atoms with van der Waals surface area (Å²) in [5.41, 5.74) is 0.342. The Morgan fingerprint density at radius 1 is 1.32 bits per heavy atom. The molecule has 2 N–H and O–H groups in total. The molecule has 1 aromatic carbocycles. The third-order valence-corrected chi connectivity index (χ3v) is 4.98. The predicted octanol–water partition coefficient (Wildman–Crippen LogP) is 1.02. The number of rotatable bonds is 3. The minimum Gasteiger partial charge on any atom is -0.485 e. The van der Waals surface area contributed by atoms with Crippen molar-refractivity contribution in [3.63, 3.8) is 0 Å². The molecule has 0 aromatic heterocycles. The Labute approximate surface area is 120 Å². The minimum atomic E-state index is -3.31. The summed E-state index contributed by atoms with van der Waals surface area (Å²) in [5.74, 6) is -0.468. The first kappa shape index (κ1) is 14.9. The van der Waals surface area contributed by atoms with Crippen molar-refractivity contribution in [1.82, 2.24) is 0 Å². The standard InChI is InChI=1S/C11H12Cl2O5S/c12-7-1-6(3-14)11(8(13)2-7)18-10-5-19(16,17)4-9(10)15/h1-2,9-10,14-15H,3-5H2. The first-order valence-electron chi connectivity index (χ1n) is 5.46. The van der Waals surface area contributed by atoms with Crippen LogP contribution in [0.5, 0.6) is 5.75 Å². The van der Waals surface area contributed by atoms with E-state index < -0.39 is 22.0 Å². The largest absolute Gasteiger partial charge is 0.485 e. The van der Waals surface area contributed by atoms with Gasteiger partial charge in [0.1, 0.15) is 18.0 Å². The van der Waals surface area contributed by atoms with Crippen LogP contribution in [0.25, 0.3) is 0 Å². The molecule has 2 rings (SSSR count). The summed E-state index contributed by atoms with van der Waals surface area (Å²) >= 11 is 11.8. The van der Waals surface area contributed by atoms with Gasteiger partial charge in [-0.3, -0.25) is 0 Å². The highest BCUT2D eigenvalue weighted by molar-refractivity contribution is 7.91. The molecule has 1 aliphatic rings. The van der Waals surface area contributed by atoms with E-state index in [1.807, 2.05) is 0 Å². The van der Waals surface area contributed by atoms with E-state index >= 15 is 0 Å². The van der Waals surface area contributed by atoms with E-state index in [2.05, 4.69) is 0 Å². The van der Waals surface area contributed by atoms with Crippen LogP contribution in [0, 0.1) is 0 Å². The molecule has 1 aromatic rings. The van der Waals surface area contributed by atoms with E-state index in [1.54, 1.807) is 0 Å². The van der Waals surface area contributed by atoms with E-state index in [0.717, 1.165) is 0 Å². The van der Waals surface area contributed by atoms with Crippen molar-refractivity contribution >= 4 is 33.0 Å². The molecule has 8 heteroatoms. The summed E-state index contributed by atoms with van der Waals surface area (Å²) in [6.07, 6.45) is -2.00. The molecule has 0 amide bonds. The zero-order valence-electron chi connectivity index (χ0n) is 9.71.